The lowest BCUT2D eigenvalue weighted by Gasteiger charge is -2.32. The molecule has 4 aliphatic rings. The van der Waals surface area contributed by atoms with E-state index in [1.165, 1.54) is 5.56 Å². The highest BCUT2D eigenvalue weighted by atomic mass is 16.6. The van der Waals surface area contributed by atoms with E-state index in [9.17, 15) is 4.79 Å². The molecule has 0 spiro atoms. The maximum Gasteiger partial charge on any atom is 0.227 e. The molecule has 138 valence electrons. The highest BCUT2D eigenvalue weighted by molar-refractivity contribution is 6.01. The van der Waals surface area contributed by atoms with E-state index in [-0.39, 0.29) is 17.4 Å². The van der Waals surface area contributed by atoms with Crippen molar-refractivity contribution in [1.29, 1.82) is 0 Å². The molecule has 26 heavy (non-hydrogen) atoms. The number of nitrogens with one attached hydrogen (secondary N) is 1. The van der Waals surface area contributed by atoms with E-state index >= 15 is 0 Å². The molecule has 1 amide bonds. The van der Waals surface area contributed by atoms with Gasteiger partial charge in [-0.15, -0.1) is 0 Å². The maximum atomic E-state index is 12.8. The monoisotopic (exact) mass is 355 g/mol. The molecule has 2 fully saturated rings. The SMILES string of the molecule is O=C(NCC1CC(c2ccc3c(c2)CCO3)=NO1)C12CCCN(CC1)C2. The van der Waals surface area contributed by atoms with Crippen LogP contribution in [-0.4, -0.2) is 55.4 Å². The Balaban J connectivity index is 1.17. The first-order chi connectivity index (χ1) is 12.7. The van der Waals surface area contributed by atoms with Crippen LogP contribution in [0.15, 0.2) is 23.4 Å². The molecule has 1 N–H and O–H groups in total. The minimum absolute atomic E-state index is 0.0732. The Morgan fingerprint density at radius 1 is 1.35 bits per heavy atom. The Morgan fingerprint density at radius 2 is 2.31 bits per heavy atom. The molecule has 0 radical (unpaired) electrons. The number of hydrogen-bond acceptors (Lipinski definition) is 5. The second-order valence-electron chi connectivity index (χ2n) is 8.01. The van der Waals surface area contributed by atoms with Crippen molar-refractivity contribution in [2.24, 2.45) is 10.6 Å². The van der Waals surface area contributed by atoms with E-state index in [1.54, 1.807) is 0 Å². The number of rotatable bonds is 4. The predicted octanol–water partition coefficient (Wildman–Crippen LogP) is 1.72. The fraction of sp³-hybridized carbons (Fsp3) is 0.600. The van der Waals surface area contributed by atoms with Crippen LogP contribution in [-0.2, 0) is 16.1 Å². The second kappa shape index (κ2) is 6.27. The van der Waals surface area contributed by atoms with E-state index < -0.39 is 0 Å². The first-order valence-corrected chi connectivity index (χ1v) is 9.71. The number of piperidine rings is 1. The van der Waals surface area contributed by atoms with Gasteiger partial charge in [-0.05, 0) is 61.7 Å². The molecule has 0 aliphatic carbocycles. The topological polar surface area (TPSA) is 63.2 Å². The Labute approximate surface area is 153 Å². The zero-order valence-corrected chi connectivity index (χ0v) is 15.0. The molecular formula is C20H25N3O3. The van der Waals surface area contributed by atoms with Crippen molar-refractivity contribution in [1.82, 2.24) is 10.2 Å². The van der Waals surface area contributed by atoms with Gasteiger partial charge in [-0.25, -0.2) is 0 Å². The highest BCUT2D eigenvalue weighted by Crippen LogP contribution is 2.39. The molecule has 6 heteroatoms. The van der Waals surface area contributed by atoms with Gasteiger partial charge in [-0.2, -0.15) is 0 Å². The number of ether oxygens (including phenoxy) is 1. The van der Waals surface area contributed by atoms with Gasteiger partial charge in [-0.3, -0.25) is 4.79 Å². The van der Waals surface area contributed by atoms with Crippen molar-refractivity contribution in [3.8, 4) is 5.75 Å². The number of nitrogens with zero attached hydrogens (tertiary/aromatic N) is 2. The summed E-state index contributed by atoms with van der Waals surface area (Å²) in [5.74, 6) is 1.18. The lowest BCUT2D eigenvalue weighted by Crippen LogP contribution is -2.47. The summed E-state index contributed by atoms with van der Waals surface area (Å²) >= 11 is 0. The smallest absolute Gasteiger partial charge is 0.227 e. The van der Waals surface area contributed by atoms with Crippen LogP contribution in [0, 0.1) is 5.41 Å². The normalized spacial score (nSPS) is 31.8. The molecular weight excluding hydrogens is 330 g/mol. The van der Waals surface area contributed by atoms with Gasteiger partial charge in [0.15, 0.2) is 0 Å². The minimum Gasteiger partial charge on any atom is -0.493 e. The summed E-state index contributed by atoms with van der Waals surface area (Å²) in [6, 6.07) is 6.21. The zero-order chi connectivity index (χ0) is 17.6. The van der Waals surface area contributed by atoms with E-state index in [0.717, 1.165) is 75.4 Å². The molecule has 1 aromatic carbocycles. The third-order valence-corrected chi connectivity index (χ3v) is 6.29. The Hall–Kier alpha value is -2.08. The van der Waals surface area contributed by atoms with Gasteiger partial charge in [-0.1, -0.05) is 5.16 Å². The minimum atomic E-state index is -0.166. The molecule has 0 saturated carbocycles. The van der Waals surface area contributed by atoms with Crippen molar-refractivity contribution >= 4 is 11.6 Å². The lowest BCUT2D eigenvalue weighted by molar-refractivity contribution is -0.132. The van der Waals surface area contributed by atoms with Gasteiger partial charge in [0.05, 0.1) is 24.3 Å². The van der Waals surface area contributed by atoms with Crippen LogP contribution in [0.5, 0.6) is 5.75 Å². The van der Waals surface area contributed by atoms with Crippen LogP contribution in [0.3, 0.4) is 0 Å². The molecule has 3 atom stereocenters. The van der Waals surface area contributed by atoms with Gasteiger partial charge in [0, 0.05) is 19.4 Å². The third-order valence-electron chi connectivity index (χ3n) is 6.29. The van der Waals surface area contributed by atoms with Crippen LogP contribution >= 0.6 is 0 Å². The lowest BCUT2D eigenvalue weighted by atomic mass is 9.80. The molecule has 4 heterocycles. The van der Waals surface area contributed by atoms with Gasteiger partial charge in [0.25, 0.3) is 0 Å². The fourth-order valence-electron chi connectivity index (χ4n) is 4.76. The van der Waals surface area contributed by atoms with Crippen molar-refractivity contribution in [2.75, 3.05) is 32.8 Å². The Kier molecular flexibility index (Phi) is 3.89. The zero-order valence-electron chi connectivity index (χ0n) is 15.0. The summed E-state index contributed by atoms with van der Waals surface area (Å²) in [5, 5.41) is 7.41. The molecule has 2 saturated heterocycles. The summed E-state index contributed by atoms with van der Waals surface area (Å²) < 4.78 is 5.56. The number of carbonyl (C=O) groups is 1. The summed E-state index contributed by atoms with van der Waals surface area (Å²) in [6.45, 7) is 4.41. The van der Waals surface area contributed by atoms with Gasteiger partial charge in [0.1, 0.15) is 11.9 Å². The average molecular weight is 355 g/mol. The first kappa shape index (κ1) is 16.1. The molecule has 5 rings (SSSR count). The standard InChI is InChI=1S/C20H25N3O3/c24-19(20-5-1-7-23(13-20)8-6-20)21-12-16-11-17(22-26-16)14-2-3-18-15(10-14)4-9-25-18/h2-3,10,16H,1,4-9,11-13H2,(H,21,24). The molecule has 2 bridgehead atoms. The molecule has 4 aliphatic heterocycles. The van der Waals surface area contributed by atoms with Crippen LogP contribution < -0.4 is 10.1 Å². The van der Waals surface area contributed by atoms with Gasteiger partial charge >= 0.3 is 0 Å². The summed E-state index contributed by atoms with van der Waals surface area (Å²) in [7, 11) is 0. The summed E-state index contributed by atoms with van der Waals surface area (Å²) in [5.41, 5.74) is 3.13. The maximum absolute atomic E-state index is 12.8. The second-order valence-corrected chi connectivity index (χ2v) is 8.01. The number of fused-ring (bicyclic) bond motifs is 3. The largest absolute Gasteiger partial charge is 0.493 e. The summed E-state index contributed by atoms with van der Waals surface area (Å²) in [4.78, 5) is 20.8. The molecule has 0 aromatic heterocycles. The molecule has 3 unspecified atom stereocenters. The molecule has 6 nitrogen and oxygen atoms in total. The van der Waals surface area contributed by atoms with Crippen LogP contribution in [0.2, 0.25) is 0 Å². The quantitative estimate of drug-likeness (QED) is 0.893. The Morgan fingerprint density at radius 3 is 3.27 bits per heavy atom. The number of amides is 1. The van der Waals surface area contributed by atoms with Crippen molar-refractivity contribution in [3.63, 3.8) is 0 Å². The molecule has 1 aromatic rings. The van der Waals surface area contributed by atoms with Crippen molar-refractivity contribution in [2.45, 2.75) is 38.2 Å². The van der Waals surface area contributed by atoms with Crippen molar-refractivity contribution in [3.05, 3.63) is 29.3 Å². The van der Waals surface area contributed by atoms with E-state index in [1.807, 2.05) is 12.1 Å². The average Bonchev–Trinajstić information content (AvgIpc) is 3.38. The van der Waals surface area contributed by atoms with Crippen molar-refractivity contribution < 1.29 is 14.4 Å². The number of hydrogen-bond donors (Lipinski definition) is 1. The predicted molar refractivity (Wildman–Crippen MR) is 97.4 cm³/mol. The summed E-state index contributed by atoms with van der Waals surface area (Å²) in [6.07, 6.45) is 4.75. The third kappa shape index (κ3) is 2.76. The number of benzene rings is 1. The highest BCUT2D eigenvalue weighted by Gasteiger charge is 2.46. The van der Waals surface area contributed by atoms with Crippen LogP contribution in [0.1, 0.15) is 36.8 Å². The van der Waals surface area contributed by atoms with Crippen LogP contribution in [0.25, 0.3) is 0 Å². The first-order valence-electron chi connectivity index (χ1n) is 9.71. The Bertz CT molecular complexity index is 759. The van der Waals surface area contributed by atoms with Gasteiger partial charge in [0.2, 0.25) is 5.91 Å². The van der Waals surface area contributed by atoms with E-state index in [0.29, 0.717) is 6.54 Å². The van der Waals surface area contributed by atoms with Crippen LogP contribution in [0.4, 0.5) is 0 Å². The number of oxime groups is 1. The number of carbonyl (C=O) groups excluding carboxylic acids is 1. The van der Waals surface area contributed by atoms with Gasteiger partial charge < -0.3 is 19.8 Å². The fourth-order valence-corrected chi connectivity index (χ4v) is 4.76. The van der Waals surface area contributed by atoms with E-state index in [4.69, 9.17) is 9.57 Å². The van der Waals surface area contributed by atoms with E-state index in [2.05, 4.69) is 21.4 Å².